The molecule has 1 N–H and O–H groups in total. The fourth-order valence-electron chi connectivity index (χ4n) is 7.01. The molecule has 1 saturated heterocycles. The highest BCUT2D eigenvalue weighted by Crippen LogP contribution is 2.62. The first kappa shape index (κ1) is 25.6. The number of nitrogens with one attached hydrogen (secondary N) is 1. The highest BCUT2D eigenvalue weighted by molar-refractivity contribution is 6.16. The number of fused-ring (bicyclic) bond motifs is 6. The minimum Gasteiger partial charge on any atom is -0.358 e. The predicted octanol–water partition coefficient (Wildman–Crippen LogP) is 5.88. The van der Waals surface area contributed by atoms with Crippen molar-refractivity contribution in [1.82, 2.24) is 4.90 Å². The Morgan fingerprint density at radius 1 is 0.881 bits per heavy atom. The molecule has 206 valence electrons. The molecule has 4 aromatic carbocycles. The fourth-order valence-corrected chi connectivity index (χ4v) is 7.01. The topological polar surface area (TPSA) is 110 Å². The molecule has 0 aromatic heterocycles. The van der Waals surface area contributed by atoms with Crippen LogP contribution in [0.4, 0.5) is 11.4 Å². The maximum absolute atomic E-state index is 14.8. The maximum atomic E-state index is 14.8. The largest absolute Gasteiger partial charge is 0.358 e. The molecule has 0 radical (unpaired) electrons. The van der Waals surface area contributed by atoms with Gasteiger partial charge in [-0.3, -0.25) is 24.5 Å². The molecule has 42 heavy (non-hydrogen) atoms. The number of Topliss-reactive ketones (excluding diaryl/α,β-unsaturated/α-hetero) is 2. The molecule has 3 aliphatic rings. The van der Waals surface area contributed by atoms with Crippen molar-refractivity contribution in [2.45, 2.75) is 24.4 Å². The number of non-ortho nitro benzene ring substituents is 1. The molecule has 3 heterocycles. The second-order valence-electron chi connectivity index (χ2n) is 11.0. The average Bonchev–Trinajstić information content (AvgIpc) is 3.49. The van der Waals surface area contributed by atoms with Crippen molar-refractivity contribution >= 4 is 34.9 Å². The van der Waals surface area contributed by atoms with E-state index in [1.807, 2.05) is 72.5 Å². The zero-order valence-corrected chi connectivity index (χ0v) is 22.6. The molecular weight excluding hydrogens is 530 g/mol. The van der Waals surface area contributed by atoms with E-state index < -0.39 is 34.1 Å². The Morgan fingerprint density at radius 3 is 2.40 bits per heavy atom. The van der Waals surface area contributed by atoms with Gasteiger partial charge in [0.2, 0.25) is 5.91 Å². The molecule has 0 aliphatic carbocycles. The zero-order valence-electron chi connectivity index (χ0n) is 22.6. The third-order valence-electron chi connectivity index (χ3n) is 8.80. The number of aryl methyl sites for hydroxylation is 1. The number of ketones is 2. The highest BCUT2D eigenvalue weighted by Gasteiger charge is 2.70. The van der Waals surface area contributed by atoms with Crippen molar-refractivity contribution < 1.29 is 19.3 Å². The molecule has 3 aliphatic heterocycles. The molecule has 0 bridgehead atoms. The lowest BCUT2D eigenvalue weighted by Crippen LogP contribution is -2.49. The van der Waals surface area contributed by atoms with Gasteiger partial charge < -0.3 is 10.2 Å². The van der Waals surface area contributed by atoms with Crippen molar-refractivity contribution in [3.8, 4) is 0 Å². The molecular formula is C34H25N3O5. The van der Waals surface area contributed by atoms with E-state index >= 15 is 0 Å². The summed E-state index contributed by atoms with van der Waals surface area (Å²) in [5.74, 6) is -2.39. The summed E-state index contributed by atoms with van der Waals surface area (Å²) in [4.78, 5) is 56.7. The lowest BCUT2D eigenvalue weighted by atomic mass is 9.62. The Morgan fingerprint density at radius 2 is 1.62 bits per heavy atom. The molecule has 0 saturated carbocycles. The summed E-state index contributed by atoms with van der Waals surface area (Å²) in [6, 6.07) is 25.8. The van der Waals surface area contributed by atoms with Crippen molar-refractivity contribution in [3.05, 3.63) is 147 Å². The number of rotatable bonds is 5. The van der Waals surface area contributed by atoms with Gasteiger partial charge in [0.15, 0.2) is 11.6 Å². The first-order valence-corrected chi connectivity index (χ1v) is 13.7. The molecule has 4 atom stereocenters. The fraction of sp³-hybridized carbons (Fsp3) is 0.147. The molecule has 8 heteroatoms. The number of anilines is 1. The third kappa shape index (κ3) is 3.51. The van der Waals surface area contributed by atoms with Gasteiger partial charge in [-0.25, -0.2) is 0 Å². The second-order valence-corrected chi connectivity index (χ2v) is 11.0. The van der Waals surface area contributed by atoms with Crippen LogP contribution in [0.1, 0.15) is 49.0 Å². The molecule has 1 amide bonds. The van der Waals surface area contributed by atoms with Crippen LogP contribution in [0, 0.1) is 23.0 Å². The van der Waals surface area contributed by atoms with E-state index in [2.05, 4.69) is 5.32 Å². The van der Waals surface area contributed by atoms with Crippen LogP contribution in [0.3, 0.4) is 0 Å². The monoisotopic (exact) mass is 555 g/mol. The van der Waals surface area contributed by atoms with E-state index in [-0.39, 0.29) is 22.9 Å². The summed E-state index contributed by atoms with van der Waals surface area (Å²) in [5, 5.41) is 14.7. The van der Waals surface area contributed by atoms with Gasteiger partial charge in [0.25, 0.3) is 5.69 Å². The first-order chi connectivity index (χ1) is 20.3. The Hall–Kier alpha value is -5.37. The molecule has 1 fully saturated rings. The lowest BCUT2D eigenvalue weighted by molar-refractivity contribution is -0.384. The number of carbonyl (C=O) groups excluding carboxylic acids is 3. The first-order valence-electron chi connectivity index (χ1n) is 13.7. The summed E-state index contributed by atoms with van der Waals surface area (Å²) in [5.41, 5.74) is 2.64. The summed E-state index contributed by atoms with van der Waals surface area (Å²) in [6.45, 7) is 1.92. The quantitative estimate of drug-likeness (QED) is 0.187. The second kappa shape index (κ2) is 9.34. The number of carbonyl (C=O) groups is 3. The Labute approximate surface area is 241 Å². The number of para-hydroxylation sites is 1. The van der Waals surface area contributed by atoms with Gasteiger partial charge >= 0.3 is 0 Å². The van der Waals surface area contributed by atoms with E-state index in [9.17, 15) is 24.5 Å². The van der Waals surface area contributed by atoms with Crippen LogP contribution in [0.15, 0.2) is 103 Å². The number of amides is 1. The van der Waals surface area contributed by atoms with E-state index in [0.717, 1.165) is 16.7 Å². The van der Waals surface area contributed by atoms with Crippen molar-refractivity contribution in [3.63, 3.8) is 0 Å². The van der Waals surface area contributed by atoms with Crippen molar-refractivity contribution in [2.24, 2.45) is 5.92 Å². The number of nitrogens with zero attached hydrogens (tertiary/aromatic N) is 2. The number of hydrogen-bond donors (Lipinski definition) is 1. The minimum atomic E-state index is -1.50. The van der Waals surface area contributed by atoms with Gasteiger partial charge in [0.1, 0.15) is 11.5 Å². The highest BCUT2D eigenvalue weighted by atomic mass is 16.6. The number of hydrogen-bond acceptors (Lipinski definition) is 6. The van der Waals surface area contributed by atoms with Crippen LogP contribution in [0.2, 0.25) is 0 Å². The van der Waals surface area contributed by atoms with Gasteiger partial charge in [-0.2, -0.15) is 0 Å². The molecule has 8 nitrogen and oxygen atoms in total. The Balaban J connectivity index is 1.53. The minimum absolute atomic E-state index is 0.0737. The van der Waals surface area contributed by atoms with Crippen molar-refractivity contribution in [1.29, 1.82) is 0 Å². The number of nitro benzene ring substituents is 1. The van der Waals surface area contributed by atoms with Gasteiger partial charge in [-0.1, -0.05) is 84.4 Å². The molecule has 1 spiro atoms. The van der Waals surface area contributed by atoms with E-state index in [4.69, 9.17) is 0 Å². The Kier molecular flexibility index (Phi) is 5.69. The van der Waals surface area contributed by atoms with Gasteiger partial charge in [0, 0.05) is 35.1 Å². The van der Waals surface area contributed by atoms with E-state index in [0.29, 0.717) is 16.8 Å². The number of benzene rings is 4. The van der Waals surface area contributed by atoms with Crippen LogP contribution in [-0.4, -0.2) is 33.3 Å². The van der Waals surface area contributed by atoms with Crippen LogP contribution in [-0.2, 0) is 10.2 Å². The smallest absolute Gasteiger partial charge is 0.270 e. The molecule has 7 rings (SSSR count). The maximum Gasteiger partial charge on any atom is 0.270 e. The summed E-state index contributed by atoms with van der Waals surface area (Å²) in [7, 11) is 0. The lowest BCUT2D eigenvalue weighted by Gasteiger charge is -2.38. The van der Waals surface area contributed by atoms with Gasteiger partial charge in [-0.15, -0.1) is 0 Å². The molecule has 4 aromatic rings. The summed E-state index contributed by atoms with van der Waals surface area (Å²) < 4.78 is 0. The summed E-state index contributed by atoms with van der Waals surface area (Å²) >= 11 is 0. The zero-order chi connectivity index (χ0) is 29.2. The van der Waals surface area contributed by atoms with E-state index in [1.54, 1.807) is 24.4 Å². The SMILES string of the molecule is Cc1ccc(C(=O)[C@@H]2[C@@H](C(=O)c3cccc([N+](=O)[O-])c3)[C@]3(C(=O)Nc4ccccc43)[C@H]3c4ccccc4C=CN23)cc1. The third-order valence-corrected chi connectivity index (χ3v) is 8.80. The van der Waals surface area contributed by atoms with Crippen LogP contribution in [0.5, 0.6) is 0 Å². The predicted molar refractivity (Wildman–Crippen MR) is 157 cm³/mol. The standard InChI is InChI=1S/C34H25N3O5/c1-20-13-15-22(16-14-20)31(39)29-28(30(38)23-8-6-9-24(19-23)37(41)42)34(26-11-4-5-12-27(26)35-33(34)40)32-25-10-3-2-7-21(25)17-18-36(29)32/h2-19,28-29,32H,1H3,(H,35,40)/t28-,29-,32+,34-/m0/s1. The van der Waals surface area contributed by atoms with Crippen LogP contribution in [0.25, 0.3) is 6.08 Å². The Bertz CT molecular complexity index is 1850. The average molecular weight is 556 g/mol. The van der Waals surface area contributed by atoms with Crippen molar-refractivity contribution in [2.75, 3.05) is 5.32 Å². The van der Waals surface area contributed by atoms with Crippen LogP contribution < -0.4 is 5.32 Å². The normalized spacial score (nSPS) is 23.2. The summed E-state index contributed by atoms with van der Waals surface area (Å²) in [6.07, 6.45) is 3.70. The molecule has 0 unspecified atom stereocenters. The van der Waals surface area contributed by atoms with E-state index in [1.165, 1.54) is 24.3 Å². The van der Waals surface area contributed by atoms with Gasteiger partial charge in [0.05, 0.1) is 16.9 Å². The number of nitro groups is 1. The van der Waals surface area contributed by atoms with Gasteiger partial charge in [-0.05, 0) is 35.8 Å². The van der Waals surface area contributed by atoms with Crippen LogP contribution >= 0.6 is 0 Å².